The van der Waals surface area contributed by atoms with Crippen LogP contribution in [0.5, 0.6) is 0 Å². The Balaban J connectivity index is 1.22. The van der Waals surface area contributed by atoms with Crippen LogP contribution in [0.4, 0.5) is 0 Å². The Hall–Kier alpha value is -2.18. The van der Waals surface area contributed by atoms with Crippen molar-refractivity contribution >= 4 is 15.9 Å². The van der Waals surface area contributed by atoms with Gasteiger partial charge in [0, 0.05) is 12.1 Å². The number of carbonyl (C=O) groups excluding carboxylic acids is 1. The first-order valence-corrected chi connectivity index (χ1v) is 13.5. The van der Waals surface area contributed by atoms with Gasteiger partial charge >= 0.3 is 0 Å². The zero-order valence-corrected chi connectivity index (χ0v) is 20.8. The predicted molar refractivity (Wildman–Crippen MR) is 132 cm³/mol. The summed E-state index contributed by atoms with van der Waals surface area (Å²) in [5.41, 5.74) is 3.02. The first kappa shape index (κ1) is 24.0. The number of hydrogen-bond acceptors (Lipinski definition) is 4. The van der Waals surface area contributed by atoms with Crippen molar-refractivity contribution in [3.63, 3.8) is 0 Å². The van der Waals surface area contributed by atoms with Crippen molar-refractivity contribution in [1.82, 2.24) is 9.62 Å². The number of carbonyl (C=O) groups is 1. The van der Waals surface area contributed by atoms with Gasteiger partial charge in [0.15, 0.2) is 0 Å². The second-order valence-electron chi connectivity index (χ2n) is 10.7. The van der Waals surface area contributed by atoms with E-state index in [1.54, 1.807) is 32.9 Å². The lowest BCUT2D eigenvalue weighted by Crippen LogP contribution is -2.42. The van der Waals surface area contributed by atoms with Gasteiger partial charge in [-0.15, -0.1) is 0 Å². The van der Waals surface area contributed by atoms with Gasteiger partial charge in [-0.05, 0) is 101 Å². The third-order valence-electron chi connectivity index (χ3n) is 7.15. The van der Waals surface area contributed by atoms with Gasteiger partial charge in [0.1, 0.15) is 0 Å². The van der Waals surface area contributed by atoms with Crippen LogP contribution in [0, 0.1) is 11.8 Å². The van der Waals surface area contributed by atoms with Crippen LogP contribution in [-0.4, -0.2) is 37.1 Å². The van der Waals surface area contributed by atoms with E-state index in [1.165, 1.54) is 31.2 Å². The van der Waals surface area contributed by atoms with E-state index in [4.69, 9.17) is 0 Å². The maximum atomic E-state index is 12.4. The fraction of sp³-hybridized carbons (Fsp3) is 0.519. The van der Waals surface area contributed by atoms with E-state index in [0.29, 0.717) is 5.56 Å². The van der Waals surface area contributed by atoms with Crippen LogP contribution in [0.2, 0.25) is 0 Å². The Morgan fingerprint density at radius 3 is 2.24 bits per heavy atom. The van der Waals surface area contributed by atoms with Gasteiger partial charge in [0.2, 0.25) is 10.0 Å². The highest BCUT2D eigenvalue weighted by Crippen LogP contribution is 2.51. The Bertz CT molecular complexity index is 1050. The molecule has 0 unspecified atom stereocenters. The number of benzene rings is 2. The summed E-state index contributed by atoms with van der Waals surface area (Å²) in [7, 11) is -3.71. The molecule has 1 heterocycles. The Morgan fingerprint density at radius 2 is 1.64 bits per heavy atom. The molecule has 2 aliphatic rings. The molecule has 1 aliphatic carbocycles. The predicted octanol–water partition coefficient (Wildman–Crippen LogP) is 4.95. The number of sulfonamides is 1. The molecule has 0 bridgehead atoms. The van der Waals surface area contributed by atoms with E-state index in [0.717, 1.165) is 43.0 Å². The van der Waals surface area contributed by atoms with E-state index in [9.17, 15) is 13.2 Å². The second kappa shape index (κ2) is 9.59. The highest BCUT2D eigenvalue weighted by molar-refractivity contribution is 7.91. The number of rotatable bonds is 7. The number of amides is 1. The number of piperidine rings is 1. The number of nitrogens with one attached hydrogen (secondary N) is 1. The van der Waals surface area contributed by atoms with Gasteiger partial charge < -0.3 is 0 Å². The molecule has 0 spiro atoms. The first-order chi connectivity index (χ1) is 15.6. The topological polar surface area (TPSA) is 66.5 Å². The molecule has 2 aromatic rings. The van der Waals surface area contributed by atoms with E-state index in [1.807, 2.05) is 12.1 Å². The summed E-state index contributed by atoms with van der Waals surface area (Å²) >= 11 is 0. The summed E-state index contributed by atoms with van der Waals surface area (Å²) in [6, 6.07) is 18.2. The molecule has 1 amide bonds. The van der Waals surface area contributed by atoms with Crippen LogP contribution in [0.25, 0.3) is 0 Å². The largest absolute Gasteiger partial charge is 0.299 e. The molecular formula is C27H36N2O3S. The average Bonchev–Trinajstić information content (AvgIpc) is 3.54. The molecule has 1 saturated carbocycles. The molecule has 6 heteroatoms. The Labute approximate surface area is 198 Å². The van der Waals surface area contributed by atoms with E-state index >= 15 is 0 Å². The van der Waals surface area contributed by atoms with Gasteiger partial charge in [0.05, 0.1) is 4.75 Å². The zero-order valence-electron chi connectivity index (χ0n) is 20.0. The van der Waals surface area contributed by atoms with Crippen molar-refractivity contribution < 1.29 is 13.2 Å². The normalized spacial score (nSPS) is 22.2. The maximum Gasteiger partial charge on any atom is 0.264 e. The van der Waals surface area contributed by atoms with Gasteiger partial charge in [-0.3, -0.25) is 9.69 Å². The molecule has 2 aromatic carbocycles. The van der Waals surface area contributed by atoms with Crippen LogP contribution < -0.4 is 4.72 Å². The summed E-state index contributed by atoms with van der Waals surface area (Å²) < 4.78 is 25.6. The fourth-order valence-corrected chi connectivity index (χ4v) is 5.45. The van der Waals surface area contributed by atoms with Crippen molar-refractivity contribution in [2.24, 2.45) is 11.8 Å². The SMILES string of the molecule is CC(C)(C)S(=O)(=O)NC(=O)c1ccc(CN2CCC(C[C@@H]3C[C@H]3c3ccccc3)CC2)cc1. The lowest BCUT2D eigenvalue weighted by atomic mass is 9.90. The molecular weight excluding hydrogens is 432 g/mol. The summed E-state index contributed by atoms with van der Waals surface area (Å²) in [5.74, 6) is 1.89. The summed E-state index contributed by atoms with van der Waals surface area (Å²) in [5, 5.41) is 0. The van der Waals surface area contributed by atoms with E-state index in [-0.39, 0.29) is 0 Å². The molecule has 178 valence electrons. The van der Waals surface area contributed by atoms with Gasteiger partial charge in [-0.2, -0.15) is 0 Å². The van der Waals surface area contributed by atoms with Crippen molar-refractivity contribution in [1.29, 1.82) is 0 Å². The van der Waals surface area contributed by atoms with Crippen molar-refractivity contribution in [2.45, 2.75) is 63.7 Å². The minimum absolute atomic E-state index is 0.364. The molecule has 5 nitrogen and oxygen atoms in total. The molecule has 2 atom stereocenters. The number of likely N-dealkylation sites (tertiary alicyclic amines) is 1. The first-order valence-electron chi connectivity index (χ1n) is 12.1. The fourth-order valence-electron chi connectivity index (χ4n) is 4.78. The Morgan fingerprint density at radius 1 is 1.00 bits per heavy atom. The molecule has 2 fully saturated rings. The smallest absolute Gasteiger partial charge is 0.264 e. The molecule has 1 N–H and O–H groups in total. The van der Waals surface area contributed by atoms with Crippen LogP contribution in [0.3, 0.4) is 0 Å². The third-order valence-corrected chi connectivity index (χ3v) is 9.22. The lowest BCUT2D eigenvalue weighted by Gasteiger charge is -2.32. The van der Waals surface area contributed by atoms with E-state index < -0.39 is 20.7 Å². The second-order valence-corrected chi connectivity index (χ2v) is 13.1. The van der Waals surface area contributed by atoms with Crippen LogP contribution in [0.1, 0.15) is 73.9 Å². The molecule has 1 saturated heterocycles. The summed E-state index contributed by atoms with van der Waals surface area (Å²) in [4.78, 5) is 14.8. The van der Waals surface area contributed by atoms with Gasteiger partial charge in [0.25, 0.3) is 5.91 Å². The maximum absolute atomic E-state index is 12.4. The summed E-state index contributed by atoms with van der Waals surface area (Å²) in [6.45, 7) is 7.80. The van der Waals surface area contributed by atoms with E-state index in [2.05, 4.69) is 40.0 Å². The number of hydrogen-bond donors (Lipinski definition) is 1. The molecule has 1 aliphatic heterocycles. The molecule has 33 heavy (non-hydrogen) atoms. The zero-order chi connectivity index (χ0) is 23.6. The van der Waals surface area contributed by atoms with Crippen LogP contribution >= 0.6 is 0 Å². The quantitative estimate of drug-likeness (QED) is 0.624. The molecule has 0 aromatic heterocycles. The van der Waals surface area contributed by atoms with Gasteiger partial charge in [-0.1, -0.05) is 42.5 Å². The minimum atomic E-state index is -3.71. The Kier molecular flexibility index (Phi) is 6.96. The van der Waals surface area contributed by atoms with Crippen molar-refractivity contribution in [2.75, 3.05) is 13.1 Å². The number of nitrogens with zero attached hydrogens (tertiary/aromatic N) is 1. The van der Waals surface area contributed by atoms with Crippen molar-refractivity contribution in [3.05, 3.63) is 71.3 Å². The standard InChI is InChI=1S/C27H36N2O3S/c1-27(2,3)33(31,32)28-26(30)23-11-9-21(10-12-23)19-29-15-13-20(14-16-29)17-24-18-25(24)22-7-5-4-6-8-22/h4-12,20,24-25H,13-19H2,1-3H3,(H,28,30)/t24-,25+/m1/s1. The van der Waals surface area contributed by atoms with Crippen molar-refractivity contribution in [3.8, 4) is 0 Å². The minimum Gasteiger partial charge on any atom is -0.299 e. The van der Waals surface area contributed by atoms with Crippen LogP contribution in [-0.2, 0) is 16.6 Å². The highest BCUT2D eigenvalue weighted by atomic mass is 32.2. The van der Waals surface area contributed by atoms with Crippen LogP contribution in [0.15, 0.2) is 54.6 Å². The molecule has 0 radical (unpaired) electrons. The highest BCUT2D eigenvalue weighted by Gasteiger charge is 2.39. The molecule has 4 rings (SSSR count). The van der Waals surface area contributed by atoms with Gasteiger partial charge in [-0.25, -0.2) is 13.1 Å². The third kappa shape index (κ3) is 6.04. The average molecular weight is 469 g/mol. The monoisotopic (exact) mass is 468 g/mol. The lowest BCUT2D eigenvalue weighted by molar-refractivity contribution is 0.0980. The summed E-state index contributed by atoms with van der Waals surface area (Å²) in [6.07, 6.45) is 5.21.